The fourth-order valence-electron chi connectivity index (χ4n) is 2.53. The predicted octanol–water partition coefficient (Wildman–Crippen LogP) is 0.715. The number of carbonyl (C=O) groups excluding carboxylic acids is 1. The van der Waals surface area contributed by atoms with Crippen molar-refractivity contribution >= 4 is 16.8 Å². The normalized spacial score (nSPS) is 17.8. The fourth-order valence-corrected chi connectivity index (χ4v) is 2.53. The van der Waals surface area contributed by atoms with E-state index in [1.807, 2.05) is 18.2 Å². The molecule has 0 saturated heterocycles. The van der Waals surface area contributed by atoms with Gasteiger partial charge in [-0.1, -0.05) is 18.2 Å². The number of hydrogen-bond donors (Lipinski definition) is 3. The molecule has 1 aliphatic rings. The molecule has 5 heteroatoms. The first-order valence-corrected chi connectivity index (χ1v) is 6.84. The van der Waals surface area contributed by atoms with Gasteiger partial charge in [-0.2, -0.15) is 0 Å². The topological polar surface area (TPSA) is 66.1 Å². The molecular formula is C15H18N4O. The van der Waals surface area contributed by atoms with Crippen LogP contribution in [-0.2, 0) is 11.2 Å². The van der Waals surface area contributed by atoms with Crippen molar-refractivity contribution in [3.63, 3.8) is 0 Å². The number of nitrogens with one attached hydrogen (secondary N) is 3. The summed E-state index contributed by atoms with van der Waals surface area (Å²) in [6.45, 7) is 1.16. The first-order chi connectivity index (χ1) is 9.78. The summed E-state index contributed by atoms with van der Waals surface area (Å²) in [6.07, 6.45) is 0.895. The number of amides is 1. The number of nitrogens with zero attached hydrogens (tertiary/aromatic N) is 1. The third-order valence-electron chi connectivity index (χ3n) is 3.60. The number of aromatic nitrogens is 1. The minimum atomic E-state index is -0.0207. The molecule has 1 amide bonds. The molecule has 1 aromatic heterocycles. The second-order valence-electron chi connectivity index (χ2n) is 4.91. The van der Waals surface area contributed by atoms with Crippen LogP contribution in [0.5, 0.6) is 0 Å². The number of para-hydroxylation sites is 1. The summed E-state index contributed by atoms with van der Waals surface area (Å²) in [5.41, 5.74) is 3.27. The molecule has 0 bridgehead atoms. The molecule has 0 spiro atoms. The van der Waals surface area contributed by atoms with E-state index in [1.165, 1.54) is 0 Å². The molecule has 1 aliphatic heterocycles. The number of hydrogen-bond acceptors (Lipinski definition) is 4. The van der Waals surface area contributed by atoms with Crippen LogP contribution in [0.2, 0.25) is 0 Å². The number of fused-ring (bicyclic) bond motifs is 2. The second-order valence-corrected chi connectivity index (χ2v) is 4.91. The van der Waals surface area contributed by atoms with E-state index in [9.17, 15) is 4.79 Å². The molecule has 2 heterocycles. The molecule has 0 fully saturated rings. The Morgan fingerprint density at radius 3 is 3.15 bits per heavy atom. The molecule has 1 unspecified atom stereocenters. The van der Waals surface area contributed by atoms with Gasteiger partial charge >= 0.3 is 0 Å². The zero-order valence-corrected chi connectivity index (χ0v) is 11.4. The summed E-state index contributed by atoms with van der Waals surface area (Å²) in [4.78, 5) is 16.1. The van der Waals surface area contributed by atoms with Crippen molar-refractivity contribution in [1.82, 2.24) is 20.9 Å². The highest BCUT2D eigenvalue weighted by atomic mass is 16.1. The molecule has 5 nitrogen and oxygen atoms in total. The fraction of sp³-hybridized carbons (Fsp3) is 0.333. The van der Waals surface area contributed by atoms with Crippen LogP contribution in [0.15, 0.2) is 30.3 Å². The Morgan fingerprint density at radius 2 is 2.30 bits per heavy atom. The highest BCUT2D eigenvalue weighted by Gasteiger charge is 2.21. The lowest BCUT2D eigenvalue weighted by molar-refractivity contribution is -0.119. The van der Waals surface area contributed by atoms with Crippen LogP contribution in [0, 0.1) is 0 Å². The zero-order valence-electron chi connectivity index (χ0n) is 11.4. The first-order valence-electron chi connectivity index (χ1n) is 6.84. The van der Waals surface area contributed by atoms with E-state index in [4.69, 9.17) is 4.98 Å². The number of rotatable bonds is 3. The molecule has 2 aromatic rings. The van der Waals surface area contributed by atoms with E-state index in [-0.39, 0.29) is 12.1 Å². The molecule has 1 aromatic carbocycles. The molecule has 1 atom stereocenters. The van der Waals surface area contributed by atoms with Gasteiger partial charge in [0.15, 0.2) is 0 Å². The van der Waals surface area contributed by atoms with Gasteiger partial charge in [0.1, 0.15) is 0 Å². The van der Waals surface area contributed by atoms with Gasteiger partial charge in [0, 0.05) is 36.7 Å². The SMILES string of the molecule is CNC(=O)CNC1NCCc2nc3ccccc3cc21. The molecule has 20 heavy (non-hydrogen) atoms. The summed E-state index contributed by atoms with van der Waals surface area (Å²) in [6, 6.07) is 10.3. The Balaban J connectivity index is 1.91. The van der Waals surface area contributed by atoms with Crippen LogP contribution >= 0.6 is 0 Å². The monoisotopic (exact) mass is 270 g/mol. The molecular weight excluding hydrogens is 252 g/mol. The van der Waals surface area contributed by atoms with Crippen molar-refractivity contribution in [3.05, 3.63) is 41.6 Å². The van der Waals surface area contributed by atoms with Crippen molar-refractivity contribution in [2.75, 3.05) is 20.1 Å². The van der Waals surface area contributed by atoms with Gasteiger partial charge in [-0.05, 0) is 12.1 Å². The minimum Gasteiger partial charge on any atom is -0.358 e. The summed E-state index contributed by atoms with van der Waals surface area (Å²) in [5, 5.41) is 10.4. The highest BCUT2D eigenvalue weighted by Crippen LogP contribution is 2.24. The van der Waals surface area contributed by atoms with Crippen molar-refractivity contribution in [1.29, 1.82) is 0 Å². The molecule has 3 rings (SSSR count). The molecule has 0 aliphatic carbocycles. The lowest BCUT2D eigenvalue weighted by Crippen LogP contribution is -2.43. The molecule has 0 saturated carbocycles. The lowest BCUT2D eigenvalue weighted by atomic mass is 10.0. The Kier molecular flexibility index (Phi) is 3.62. The smallest absolute Gasteiger partial charge is 0.233 e. The number of likely N-dealkylation sites (N-methyl/N-ethyl adjacent to an activating group) is 1. The van der Waals surface area contributed by atoms with Crippen LogP contribution in [-0.4, -0.2) is 31.0 Å². The quantitative estimate of drug-likeness (QED) is 0.768. The van der Waals surface area contributed by atoms with Gasteiger partial charge in [-0.15, -0.1) is 0 Å². The maximum Gasteiger partial charge on any atom is 0.233 e. The van der Waals surface area contributed by atoms with Gasteiger partial charge < -0.3 is 5.32 Å². The Labute approximate surface area is 117 Å². The first kappa shape index (κ1) is 13.0. The van der Waals surface area contributed by atoms with E-state index < -0.39 is 0 Å². The average Bonchev–Trinajstić information content (AvgIpc) is 2.50. The maximum atomic E-state index is 11.4. The Bertz CT molecular complexity index is 641. The number of benzene rings is 1. The summed E-state index contributed by atoms with van der Waals surface area (Å²) in [7, 11) is 1.64. The summed E-state index contributed by atoms with van der Waals surface area (Å²) >= 11 is 0. The predicted molar refractivity (Wildman–Crippen MR) is 78.3 cm³/mol. The van der Waals surface area contributed by atoms with Crippen LogP contribution in [0.25, 0.3) is 10.9 Å². The van der Waals surface area contributed by atoms with Crippen LogP contribution in [0.1, 0.15) is 17.4 Å². The number of pyridine rings is 1. The molecule has 0 radical (unpaired) electrons. The van der Waals surface area contributed by atoms with E-state index in [2.05, 4.69) is 28.1 Å². The largest absolute Gasteiger partial charge is 0.358 e. The van der Waals surface area contributed by atoms with E-state index in [0.717, 1.165) is 35.1 Å². The van der Waals surface area contributed by atoms with Crippen molar-refractivity contribution < 1.29 is 4.79 Å². The van der Waals surface area contributed by atoms with Gasteiger partial charge in [0.2, 0.25) is 5.91 Å². The van der Waals surface area contributed by atoms with Crippen LogP contribution < -0.4 is 16.0 Å². The maximum absolute atomic E-state index is 11.4. The van der Waals surface area contributed by atoms with E-state index in [1.54, 1.807) is 7.05 Å². The van der Waals surface area contributed by atoms with Crippen molar-refractivity contribution in [3.8, 4) is 0 Å². The summed E-state index contributed by atoms with van der Waals surface area (Å²) in [5.74, 6) is -0.0207. The van der Waals surface area contributed by atoms with Crippen molar-refractivity contribution in [2.45, 2.75) is 12.6 Å². The van der Waals surface area contributed by atoms with Gasteiger partial charge in [-0.25, -0.2) is 0 Å². The number of carbonyl (C=O) groups is 1. The Hall–Kier alpha value is -1.98. The van der Waals surface area contributed by atoms with E-state index in [0.29, 0.717) is 6.54 Å². The highest BCUT2D eigenvalue weighted by molar-refractivity contribution is 5.80. The van der Waals surface area contributed by atoms with Crippen LogP contribution in [0.3, 0.4) is 0 Å². The van der Waals surface area contributed by atoms with Crippen LogP contribution in [0.4, 0.5) is 0 Å². The average molecular weight is 270 g/mol. The Morgan fingerprint density at radius 1 is 1.45 bits per heavy atom. The zero-order chi connectivity index (χ0) is 13.9. The third kappa shape index (κ3) is 2.50. The minimum absolute atomic E-state index is 0.0202. The van der Waals surface area contributed by atoms with E-state index >= 15 is 0 Å². The van der Waals surface area contributed by atoms with Crippen molar-refractivity contribution in [2.24, 2.45) is 0 Å². The third-order valence-corrected chi connectivity index (χ3v) is 3.60. The summed E-state index contributed by atoms with van der Waals surface area (Å²) < 4.78 is 0. The molecule has 104 valence electrons. The standard InChI is InChI=1S/C15H18N4O/c1-16-14(20)9-18-15-11-8-10-4-2-3-5-12(10)19-13(11)6-7-17-15/h2-5,8,15,17-18H,6-7,9H2,1H3,(H,16,20). The van der Waals surface area contributed by atoms with Gasteiger partial charge in [0.05, 0.1) is 18.2 Å². The van der Waals surface area contributed by atoms with Gasteiger partial charge in [-0.3, -0.25) is 20.4 Å². The second kappa shape index (κ2) is 5.56. The molecule has 3 N–H and O–H groups in total. The van der Waals surface area contributed by atoms with Gasteiger partial charge in [0.25, 0.3) is 0 Å². The lowest BCUT2D eigenvalue weighted by Gasteiger charge is -2.27.